The van der Waals surface area contributed by atoms with Crippen molar-refractivity contribution in [2.75, 3.05) is 5.32 Å². The van der Waals surface area contributed by atoms with E-state index in [9.17, 15) is 5.11 Å². The summed E-state index contributed by atoms with van der Waals surface area (Å²) in [5.41, 5.74) is 0.538. The molecule has 0 fully saturated rings. The molecule has 0 aliphatic rings. The lowest BCUT2D eigenvalue weighted by Gasteiger charge is -2.12. The lowest BCUT2D eigenvalue weighted by atomic mass is 10.1. The maximum Gasteiger partial charge on any atom is 0.131 e. The zero-order chi connectivity index (χ0) is 13.1. The highest BCUT2D eigenvalue weighted by atomic mass is 35.5. The van der Waals surface area contributed by atoms with Gasteiger partial charge < -0.3 is 10.4 Å². The van der Waals surface area contributed by atoms with Crippen LogP contribution in [0.1, 0.15) is 33.3 Å². The molecule has 0 saturated heterocycles. The zero-order valence-electron chi connectivity index (χ0n) is 10.5. The third-order valence-corrected chi connectivity index (χ3v) is 2.02. The molecule has 0 aliphatic heterocycles. The first-order valence-corrected chi connectivity index (χ1v) is 5.83. The SMILES string of the molecule is CC(C)Nc1cc(Cl)ncc1C#CC(C)(C)O. The average molecular weight is 253 g/mol. The number of hydrogen-bond acceptors (Lipinski definition) is 3. The second-order valence-electron chi connectivity index (χ2n) is 4.66. The highest BCUT2D eigenvalue weighted by molar-refractivity contribution is 6.29. The van der Waals surface area contributed by atoms with Crippen molar-refractivity contribution in [2.45, 2.75) is 39.3 Å². The summed E-state index contributed by atoms with van der Waals surface area (Å²) in [7, 11) is 0. The van der Waals surface area contributed by atoms with E-state index in [0.29, 0.717) is 5.15 Å². The summed E-state index contributed by atoms with van der Waals surface area (Å²) in [6.45, 7) is 7.33. The molecule has 0 aliphatic carbocycles. The summed E-state index contributed by atoms with van der Waals surface area (Å²) >= 11 is 5.84. The van der Waals surface area contributed by atoms with Crippen LogP contribution in [0.15, 0.2) is 12.3 Å². The minimum absolute atomic E-state index is 0.274. The van der Waals surface area contributed by atoms with E-state index in [4.69, 9.17) is 11.6 Å². The predicted octanol–water partition coefficient (Wildman–Crippen LogP) is 2.68. The minimum atomic E-state index is -1.02. The smallest absolute Gasteiger partial charge is 0.131 e. The highest BCUT2D eigenvalue weighted by Gasteiger charge is 2.08. The molecule has 1 aromatic rings. The van der Waals surface area contributed by atoms with Gasteiger partial charge in [0, 0.05) is 12.2 Å². The molecule has 0 radical (unpaired) electrons. The number of nitrogens with one attached hydrogen (secondary N) is 1. The van der Waals surface area contributed by atoms with Crippen molar-refractivity contribution >= 4 is 17.3 Å². The van der Waals surface area contributed by atoms with Gasteiger partial charge in [0.1, 0.15) is 10.8 Å². The van der Waals surface area contributed by atoms with Crippen molar-refractivity contribution in [3.8, 4) is 11.8 Å². The van der Waals surface area contributed by atoms with E-state index < -0.39 is 5.60 Å². The molecular formula is C13H17ClN2O. The average Bonchev–Trinajstić information content (AvgIpc) is 2.14. The van der Waals surface area contributed by atoms with Crippen molar-refractivity contribution in [3.05, 3.63) is 23.0 Å². The Kier molecular flexibility index (Phi) is 4.39. The number of aromatic nitrogens is 1. The topological polar surface area (TPSA) is 45.2 Å². The Morgan fingerprint density at radius 2 is 2.12 bits per heavy atom. The van der Waals surface area contributed by atoms with Crippen molar-refractivity contribution < 1.29 is 5.11 Å². The number of rotatable bonds is 2. The Bertz CT molecular complexity index is 453. The van der Waals surface area contributed by atoms with Crippen LogP contribution in [0.5, 0.6) is 0 Å². The predicted molar refractivity (Wildman–Crippen MR) is 71.2 cm³/mol. The first kappa shape index (κ1) is 13.8. The molecule has 1 heterocycles. The molecule has 92 valence electrons. The number of halogens is 1. The van der Waals surface area contributed by atoms with Crippen LogP contribution in [0.25, 0.3) is 0 Å². The van der Waals surface area contributed by atoms with Crippen LogP contribution in [0.2, 0.25) is 5.15 Å². The van der Waals surface area contributed by atoms with Crippen molar-refractivity contribution in [2.24, 2.45) is 0 Å². The number of hydrogen-bond donors (Lipinski definition) is 2. The van der Waals surface area contributed by atoms with Crippen LogP contribution in [-0.2, 0) is 0 Å². The highest BCUT2D eigenvalue weighted by Crippen LogP contribution is 2.19. The standard InChI is InChI=1S/C13H17ClN2O/c1-9(2)16-11-7-12(14)15-8-10(11)5-6-13(3,4)17/h7-9,17H,1-4H3,(H,15,16). The monoisotopic (exact) mass is 252 g/mol. The second-order valence-corrected chi connectivity index (χ2v) is 5.05. The summed E-state index contributed by atoms with van der Waals surface area (Å²) in [5, 5.41) is 13.2. The largest absolute Gasteiger partial charge is 0.382 e. The number of anilines is 1. The molecule has 0 saturated carbocycles. The van der Waals surface area contributed by atoms with Gasteiger partial charge in [0.2, 0.25) is 0 Å². The van der Waals surface area contributed by atoms with Gasteiger partial charge in [-0.15, -0.1) is 0 Å². The molecule has 1 rings (SSSR count). The minimum Gasteiger partial charge on any atom is -0.382 e. The van der Waals surface area contributed by atoms with Gasteiger partial charge in [-0.2, -0.15) is 0 Å². The number of pyridine rings is 1. The molecule has 0 aromatic carbocycles. The summed E-state index contributed by atoms with van der Waals surface area (Å²) < 4.78 is 0. The fourth-order valence-electron chi connectivity index (χ4n) is 1.18. The van der Waals surface area contributed by atoms with Crippen LogP contribution >= 0.6 is 11.6 Å². The van der Waals surface area contributed by atoms with Crippen LogP contribution in [0.3, 0.4) is 0 Å². The summed E-state index contributed by atoms with van der Waals surface area (Å²) in [5.74, 6) is 5.66. The summed E-state index contributed by atoms with van der Waals surface area (Å²) in [6.07, 6.45) is 1.60. The van der Waals surface area contributed by atoms with Crippen LogP contribution in [-0.4, -0.2) is 21.7 Å². The van der Waals surface area contributed by atoms with Gasteiger partial charge >= 0.3 is 0 Å². The summed E-state index contributed by atoms with van der Waals surface area (Å²) in [4.78, 5) is 3.99. The zero-order valence-corrected chi connectivity index (χ0v) is 11.3. The molecular weight excluding hydrogens is 236 g/mol. The molecule has 2 N–H and O–H groups in total. The molecule has 0 amide bonds. The Hall–Kier alpha value is -1.24. The second kappa shape index (κ2) is 5.39. The Balaban J connectivity index is 3.09. The quantitative estimate of drug-likeness (QED) is 0.628. The molecule has 0 unspecified atom stereocenters. The van der Waals surface area contributed by atoms with E-state index in [1.54, 1.807) is 26.1 Å². The fraction of sp³-hybridized carbons (Fsp3) is 0.462. The third kappa shape index (κ3) is 5.08. The van der Waals surface area contributed by atoms with E-state index in [0.717, 1.165) is 11.3 Å². The van der Waals surface area contributed by atoms with Gasteiger partial charge in [-0.1, -0.05) is 23.4 Å². The van der Waals surface area contributed by atoms with Crippen LogP contribution in [0, 0.1) is 11.8 Å². The van der Waals surface area contributed by atoms with Crippen molar-refractivity contribution in [1.82, 2.24) is 4.98 Å². The summed E-state index contributed by atoms with van der Waals surface area (Å²) in [6, 6.07) is 2.01. The first-order valence-electron chi connectivity index (χ1n) is 5.45. The molecule has 0 atom stereocenters. The van der Waals surface area contributed by atoms with E-state index in [-0.39, 0.29) is 6.04 Å². The van der Waals surface area contributed by atoms with Gasteiger partial charge in [0.15, 0.2) is 0 Å². The van der Waals surface area contributed by atoms with E-state index in [2.05, 4.69) is 22.1 Å². The lowest BCUT2D eigenvalue weighted by Crippen LogP contribution is -2.15. The van der Waals surface area contributed by atoms with Gasteiger partial charge in [-0.25, -0.2) is 4.98 Å². The normalized spacial score (nSPS) is 11.0. The van der Waals surface area contributed by atoms with E-state index >= 15 is 0 Å². The Morgan fingerprint density at radius 3 is 2.65 bits per heavy atom. The maximum atomic E-state index is 9.57. The lowest BCUT2D eigenvalue weighted by molar-refractivity contribution is 0.143. The fourth-order valence-corrected chi connectivity index (χ4v) is 1.34. The molecule has 17 heavy (non-hydrogen) atoms. The van der Waals surface area contributed by atoms with Crippen LogP contribution in [0.4, 0.5) is 5.69 Å². The van der Waals surface area contributed by atoms with E-state index in [1.165, 1.54) is 0 Å². The Labute approximate surface area is 107 Å². The van der Waals surface area contributed by atoms with Crippen LogP contribution < -0.4 is 5.32 Å². The van der Waals surface area contributed by atoms with Crippen molar-refractivity contribution in [3.63, 3.8) is 0 Å². The Morgan fingerprint density at radius 1 is 1.47 bits per heavy atom. The van der Waals surface area contributed by atoms with Crippen molar-refractivity contribution in [1.29, 1.82) is 0 Å². The number of nitrogens with zero attached hydrogens (tertiary/aromatic N) is 1. The van der Waals surface area contributed by atoms with Gasteiger partial charge in [-0.3, -0.25) is 0 Å². The molecule has 0 spiro atoms. The van der Waals surface area contributed by atoms with Gasteiger partial charge in [0.25, 0.3) is 0 Å². The molecule has 1 aromatic heterocycles. The van der Waals surface area contributed by atoms with Gasteiger partial charge in [0.05, 0.1) is 11.3 Å². The maximum absolute atomic E-state index is 9.57. The molecule has 3 nitrogen and oxygen atoms in total. The molecule has 4 heteroatoms. The van der Waals surface area contributed by atoms with Gasteiger partial charge in [-0.05, 0) is 33.8 Å². The molecule has 0 bridgehead atoms. The van der Waals surface area contributed by atoms with E-state index in [1.807, 2.05) is 13.8 Å². The third-order valence-electron chi connectivity index (χ3n) is 1.82. The first-order chi connectivity index (χ1) is 7.78. The number of aliphatic hydroxyl groups is 1.